The maximum absolute atomic E-state index is 12.2. The molecule has 1 aliphatic rings. The van der Waals surface area contributed by atoms with Gasteiger partial charge >= 0.3 is 5.97 Å². The Morgan fingerprint density at radius 3 is 2.52 bits per heavy atom. The van der Waals surface area contributed by atoms with Gasteiger partial charge in [-0.3, -0.25) is 19.3 Å². The smallest absolute Gasteiger partial charge is 0.326 e. The first-order valence-corrected chi connectivity index (χ1v) is 7.99. The molecule has 0 saturated carbocycles. The van der Waals surface area contributed by atoms with Crippen LogP contribution in [0.1, 0.15) is 12.5 Å². The van der Waals surface area contributed by atoms with E-state index in [-0.39, 0.29) is 27.3 Å². The molecule has 0 atom stereocenters. The minimum atomic E-state index is -0.660. The zero-order valence-corrected chi connectivity index (χ0v) is 14.2. The quantitative estimate of drug-likeness (QED) is 0.641. The first-order chi connectivity index (χ1) is 10.8. The number of nitrogens with zero attached hydrogens (tertiary/aromatic N) is 1. The van der Waals surface area contributed by atoms with Gasteiger partial charge in [0.15, 0.2) is 5.75 Å². The minimum Gasteiger partial charge on any atom is -0.505 e. The van der Waals surface area contributed by atoms with Gasteiger partial charge in [0.2, 0.25) is 0 Å². The Bertz CT molecular complexity index is 696. The average molecular weight is 376 g/mol. The third kappa shape index (κ3) is 3.99. The number of hydrogen-bond donors (Lipinski definition) is 1. The van der Waals surface area contributed by atoms with Crippen LogP contribution >= 0.6 is 35.0 Å². The number of halogens is 2. The van der Waals surface area contributed by atoms with Gasteiger partial charge in [0.25, 0.3) is 11.1 Å². The van der Waals surface area contributed by atoms with Crippen molar-refractivity contribution in [1.82, 2.24) is 4.90 Å². The number of carbonyl (C=O) groups excluding carboxylic acids is 3. The number of hydrogen-bond acceptors (Lipinski definition) is 6. The number of aromatic hydroxyl groups is 1. The van der Waals surface area contributed by atoms with Crippen molar-refractivity contribution in [2.45, 2.75) is 6.92 Å². The van der Waals surface area contributed by atoms with Crippen LogP contribution in [0.3, 0.4) is 0 Å². The fourth-order valence-corrected chi connectivity index (χ4v) is 3.13. The summed E-state index contributed by atoms with van der Waals surface area (Å²) in [5.41, 5.74) is 0.444. The van der Waals surface area contributed by atoms with E-state index >= 15 is 0 Å². The molecule has 23 heavy (non-hydrogen) atoms. The van der Waals surface area contributed by atoms with Gasteiger partial charge in [-0.15, -0.1) is 0 Å². The van der Waals surface area contributed by atoms with Crippen molar-refractivity contribution in [2.24, 2.45) is 0 Å². The maximum atomic E-state index is 12.2. The largest absolute Gasteiger partial charge is 0.505 e. The van der Waals surface area contributed by atoms with Crippen LogP contribution in [-0.4, -0.2) is 40.3 Å². The van der Waals surface area contributed by atoms with Crippen LogP contribution in [-0.2, 0) is 14.3 Å². The van der Waals surface area contributed by atoms with Crippen LogP contribution < -0.4 is 0 Å². The maximum Gasteiger partial charge on any atom is 0.326 e. The van der Waals surface area contributed by atoms with Gasteiger partial charge in [0.05, 0.1) is 21.6 Å². The lowest BCUT2D eigenvalue weighted by Crippen LogP contribution is -2.34. The van der Waals surface area contributed by atoms with Crippen LogP contribution in [0.5, 0.6) is 5.75 Å². The standard InChI is InChI=1S/C14H11Cl2NO5S/c1-2-22-11(18)6-17-13(20)10(23-14(17)21)5-7-3-8(15)12(19)9(16)4-7/h3-5,19H,2,6H2,1H3/b10-5-. The molecule has 1 aromatic rings. The highest BCUT2D eigenvalue weighted by atomic mass is 35.5. The summed E-state index contributed by atoms with van der Waals surface area (Å²) in [6, 6.07) is 2.81. The zero-order valence-electron chi connectivity index (χ0n) is 11.8. The van der Waals surface area contributed by atoms with Crippen molar-refractivity contribution in [3.63, 3.8) is 0 Å². The van der Waals surface area contributed by atoms with Gasteiger partial charge in [0.1, 0.15) is 6.54 Å². The Morgan fingerprint density at radius 2 is 1.96 bits per heavy atom. The van der Waals surface area contributed by atoms with E-state index in [0.29, 0.717) is 17.3 Å². The summed E-state index contributed by atoms with van der Waals surface area (Å²) in [7, 11) is 0. The molecule has 0 spiro atoms. The summed E-state index contributed by atoms with van der Waals surface area (Å²) in [6.45, 7) is 1.35. The van der Waals surface area contributed by atoms with E-state index < -0.39 is 23.7 Å². The number of carbonyl (C=O) groups is 3. The van der Waals surface area contributed by atoms with Crippen molar-refractivity contribution in [3.05, 3.63) is 32.6 Å². The molecule has 1 aromatic carbocycles. The number of ether oxygens (including phenoxy) is 1. The van der Waals surface area contributed by atoms with Crippen molar-refractivity contribution in [2.75, 3.05) is 13.2 Å². The molecule has 2 amide bonds. The molecule has 1 fully saturated rings. The van der Waals surface area contributed by atoms with E-state index in [0.717, 1.165) is 4.90 Å². The lowest BCUT2D eigenvalue weighted by molar-refractivity contribution is -0.145. The Morgan fingerprint density at radius 1 is 1.35 bits per heavy atom. The topological polar surface area (TPSA) is 83.9 Å². The van der Waals surface area contributed by atoms with Crippen LogP contribution in [0.4, 0.5) is 4.79 Å². The summed E-state index contributed by atoms with van der Waals surface area (Å²) in [5, 5.41) is 8.99. The molecule has 2 rings (SSSR count). The molecular weight excluding hydrogens is 365 g/mol. The van der Waals surface area contributed by atoms with Crippen molar-refractivity contribution >= 4 is 58.2 Å². The summed E-state index contributed by atoms with van der Waals surface area (Å²) < 4.78 is 4.72. The molecule has 1 saturated heterocycles. The number of phenolic OH excluding ortho intramolecular Hbond substituents is 1. The third-order valence-corrected chi connectivity index (χ3v) is 4.29. The van der Waals surface area contributed by atoms with Gasteiger partial charge < -0.3 is 9.84 Å². The molecule has 0 unspecified atom stereocenters. The second kappa shape index (κ2) is 7.25. The van der Waals surface area contributed by atoms with Crippen LogP contribution in [0, 0.1) is 0 Å². The number of esters is 1. The Hall–Kier alpha value is -1.70. The second-order valence-corrected chi connectivity index (χ2v) is 6.21. The Balaban J connectivity index is 2.23. The molecule has 0 bridgehead atoms. The summed E-state index contributed by atoms with van der Waals surface area (Å²) in [5.74, 6) is -1.53. The highest BCUT2D eigenvalue weighted by Crippen LogP contribution is 2.36. The Labute approximate surface area is 146 Å². The second-order valence-electron chi connectivity index (χ2n) is 4.41. The van der Waals surface area contributed by atoms with E-state index in [4.69, 9.17) is 27.9 Å². The summed E-state index contributed by atoms with van der Waals surface area (Å²) in [4.78, 5) is 36.4. The highest BCUT2D eigenvalue weighted by Gasteiger charge is 2.36. The molecule has 9 heteroatoms. The molecule has 0 radical (unpaired) electrons. The predicted molar refractivity (Wildman–Crippen MR) is 87.4 cm³/mol. The number of rotatable bonds is 4. The zero-order chi connectivity index (χ0) is 17.1. The van der Waals surface area contributed by atoms with E-state index in [1.807, 2.05) is 0 Å². The van der Waals surface area contributed by atoms with Crippen molar-refractivity contribution in [1.29, 1.82) is 0 Å². The molecular formula is C14H11Cl2NO5S. The molecule has 6 nitrogen and oxygen atoms in total. The highest BCUT2D eigenvalue weighted by molar-refractivity contribution is 8.18. The lowest BCUT2D eigenvalue weighted by Gasteiger charge is -2.10. The fraction of sp³-hybridized carbons (Fsp3) is 0.214. The summed E-state index contributed by atoms with van der Waals surface area (Å²) in [6.07, 6.45) is 1.41. The number of thioether (sulfide) groups is 1. The number of imide groups is 1. The van der Waals surface area contributed by atoms with Gasteiger partial charge in [-0.1, -0.05) is 23.2 Å². The van der Waals surface area contributed by atoms with Crippen LogP contribution in [0.25, 0.3) is 6.08 Å². The normalized spacial score (nSPS) is 16.3. The fourth-order valence-electron chi connectivity index (χ4n) is 1.79. The lowest BCUT2D eigenvalue weighted by atomic mass is 10.2. The van der Waals surface area contributed by atoms with Crippen molar-refractivity contribution < 1.29 is 24.2 Å². The molecule has 0 aromatic heterocycles. The van der Waals surface area contributed by atoms with E-state index in [2.05, 4.69) is 0 Å². The minimum absolute atomic E-state index is 0.0227. The predicted octanol–water partition coefficient (Wildman–Crippen LogP) is 3.30. The number of benzene rings is 1. The van der Waals surface area contributed by atoms with Crippen LogP contribution in [0.2, 0.25) is 10.0 Å². The summed E-state index contributed by atoms with van der Waals surface area (Å²) >= 11 is 12.3. The molecule has 0 aliphatic carbocycles. The number of phenols is 1. The van der Waals surface area contributed by atoms with E-state index in [1.54, 1.807) is 6.92 Å². The molecule has 122 valence electrons. The van der Waals surface area contributed by atoms with Crippen LogP contribution in [0.15, 0.2) is 17.0 Å². The van der Waals surface area contributed by atoms with Gasteiger partial charge in [-0.05, 0) is 42.5 Å². The van der Waals surface area contributed by atoms with E-state index in [1.165, 1.54) is 18.2 Å². The number of amides is 2. The first kappa shape index (κ1) is 17.7. The SMILES string of the molecule is CCOC(=O)CN1C(=O)S/C(=C\c2cc(Cl)c(O)c(Cl)c2)C1=O. The van der Waals surface area contributed by atoms with E-state index in [9.17, 15) is 19.5 Å². The Kier molecular flexibility index (Phi) is 5.56. The molecule has 1 heterocycles. The third-order valence-electron chi connectivity index (χ3n) is 2.80. The van der Waals surface area contributed by atoms with Gasteiger partial charge in [-0.25, -0.2) is 0 Å². The molecule has 1 N–H and O–H groups in total. The first-order valence-electron chi connectivity index (χ1n) is 6.42. The van der Waals surface area contributed by atoms with Crippen molar-refractivity contribution in [3.8, 4) is 5.75 Å². The van der Waals surface area contributed by atoms with Gasteiger partial charge in [0, 0.05) is 0 Å². The average Bonchev–Trinajstić information content (AvgIpc) is 2.72. The molecule has 1 aliphatic heterocycles. The monoisotopic (exact) mass is 375 g/mol. The van der Waals surface area contributed by atoms with Gasteiger partial charge in [-0.2, -0.15) is 0 Å².